The van der Waals surface area contributed by atoms with Crippen molar-refractivity contribution in [3.05, 3.63) is 30.1 Å². The lowest BCUT2D eigenvalue weighted by Crippen LogP contribution is -2.21. The maximum Gasteiger partial charge on any atom is 0.352 e. The maximum absolute atomic E-state index is 11.6. The van der Waals surface area contributed by atoms with Crippen LogP contribution in [0.15, 0.2) is 24.5 Å². The van der Waals surface area contributed by atoms with E-state index in [1.807, 2.05) is 0 Å². The van der Waals surface area contributed by atoms with Gasteiger partial charge in [0.15, 0.2) is 0 Å². The molecule has 0 saturated carbocycles. The summed E-state index contributed by atoms with van der Waals surface area (Å²) in [4.78, 5) is 26.3. The van der Waals surface area contributed by atoms with Crippen LogP contribution in [-0.2, 0) is 19.1 Å². The average Bonchev–Trinajstić information content (AvgIpc) is 2.27. The van der Waals surface area contributed by atoms with Crippen molar-refractivity contribution in [1.29, 1.82) is 0 Å². The van der Waals surface area contributed by atoms with E-state index in [0.29, 0.717) is 5.56 Å². The molecular weight excluding hydrogens is 210 g/mol. The van der Waals surface area contributed by atoms with E-state index in [9.17, 15) is 9.59 Å². The van der Waals surface area contributed by atoms with Gasteiger partial charge in [-0.25, -0.2) is 4.79 Å². The van der Waals surface area contributed by atoms with Crippen molar-refractivity contribution in [3.8, 4) is 0 Å². The van der Waals surface area contributed by atoms with Crippen molar-refractivity contribution in [2.45, 2.75) is 20.0 Å². The number of aromatic nitrogens is 1. The first-order valence-electron chi connectivity index (χ1n) is 4.89. The fraction of sp³-hybridized carbons (Fsp3) is 0.364. The zero-order valence-electron chi connectivity index (χ0n) is 9.17. The number of hydrogen-bond acceptors (Lipinski definition) is 5. The maximum atomic E-state index is 11.6. The highest BCUT2D eigenvalue weighted by atomic mass is 16.6. The molecule has 1 heterocycles. The van der Waals surface area contributed by atoms with Crippen LogP contribution in [0.2, 0.25) is 0 Å². The second-order valence-electron chi connectivity index (χ2n) is 3.02. The molecule has 0 saturated heterocycles. The Labute approximate surface area is 93.4 Å². The molecule has 16 heavy (non-hydrogen) atoms. The van der Waals surface area contributed by atoms with Crippen LogP contribution < -0.4 is 0 Å². The quantitative estimate of drug-likeness (QED) is 0.719. The van der Waals surface area contributed by atoms with Crippen molar-refractivity contribution < 1.29 is 19.1 Å². The van der Waals surface area contributed by atoms with Crippen LogP contribution in [0.1, 0.15) is 25.5 Å². The molecule has 0 fully saturated rings. The number of carbonyl (C=O) groups excluding carboxylic acids is 2. The minimum Gasteiger partial charge on any atom is -0.463 e. The molecule has 0 spiro atoms. The number of esters is 2. The lowest BCUT2D eigenvalue weighted by molar-refractivity contribution is -0.167. The molecule has 0 aliphatic carbocycles. The first-order chi connectivity index (χ1) is 7.65. The highest BCUT2D eigenvalue weighted by Crippen LogP contribution is 2.18. The fourth-order valence-corrected chi connectivity index (χ4v) is 1.17. The molecule has 0 radical (unpaired) electrons. The Kier molecular flexibility index (Phi) is 4.44. The molecule has 0 bridgehead atoms. The van der Waals surface area contributed by atoms with Crippen molar-refractivity contribution in [1.82, 2.24) is 4.98 Å². The van der Waals surface area contributed by atoms with E-state index in [-0.39, 0.29) is 6.61 Å². The molecule has 1 aromatic heterocycles. The molecule has 0 aliphatic rings. The standard InChI is InChI=1S/C11H13NO4/c1-3-15-11(14)10(16-8(2)13)9-4-6-12-7-5-9/h4-7,10H,3H2,1-2H3. The Morgan fingerprint density at radius 1 is 1.38 bits per heavy atom. The Balaban J connectivity index is 2.87. The summed E-state index contributed by atoms with van der Waals surface area (Å²) in [6.45, 7) is 3.17. The zero-order valence-corrected chi connectivity index (χ0v) is 9.17. The van der Waals surface area contributed by atoms with Crippen LogP contribution in [0.25, 0.3) is 0 Å². The van der Waals surface area contributed by atoms with Gasteiger partial charge in [0.1, 0.15) is 0 Å². The third-order valence-corrected chi connectivity index (χ3v) is 1.79. The summed E-state index contributed by atoms with van der Waals surface area (Å²) >= 11 is 0. The monoisotopic (exact) mass is 223 g/mol. The largest absolute Gasteiger partial charge is 0.463 e. The van der Waals surface area contributed by atoms with Gasteiger partial charge >= 0.3 is 11.9 Å². The Hall–Kier alpha value is -1.91. The topological polar surface area (TPSA) is 65.5 Å². The van der Waals surface area contributed by atoms with Crippen LogP contribution in [0, 0.1) is 0 Å². The van der Waals surface area contributed by atoms with Crippen LogP contribution in [0.4, 0.5) is 0 Å². The predicted octanol–water partition coefficient (Wildman–Crippen LogP) is 1.25. The molecule has 5 heteroatoms. The molecule has 86 valence electrons. The van der Waals surface area contributed by atoms with Gasteiger partial charge in [0, 0.05) is 24.9 Å². The van der Waals surface area contributed by atoms with Gasteiger partial charge in [-0.2, -0.15) is 0 Å². The second-order valence-corrected chi connectivity index (χ2v) is 3.02. The SMILES string of the molecule is CCOC(=O)C(OC(C)=O)c1ccncc1. The number of hydrogen-bond donors (Lipinski definition) is 0. The number of ether oxygens (including phenoxy) is 2. The third-order valence-electron chi connectivity index (χ3n) is 1.79. The summed E-state index contributed by atoms with van der Waals surface area (Å²) in [5, 5.41) is 0. The molecule has 0 amide bonds. The van der Waals surface area contributed by atoms with Gasteiger partial charge in [0.2, 0.25) is 6.10 Å². The molecular formula is C11H13NO4. The summed E-state index contributed by atoms with van der Waals surface area (Å²) in [5.41, 5.74) is 0.545. The smallest absolute Gasteiger partial charge is 0.352 e. The minimum atomic E-state index is -1.01. The van der Waals surface area contributed by atoms with E-state index >= 15 is 0 Å². The van der Waals surface area contributed by atoms with Gasteiger partial charge < -0.3 is 9.47 Å². The van der Waals surface area contributed by atoms with Crippen LogP contribution in [0.5, 0.6) is 0 Å². The minimum absolute atomic E-state index is 0.238. The summed E-state index contributed by atoms with van der Waals surface area (Å²) in [6.07, 6.45) is 2.02. The summed E-state index contributed by atoms with van der Waals surface area (Å²) in [6, 6.07) is 3.20. The molecule has 1 unspecified atom stereocenters. The summed E-state index contributed by atoms with van der Waals surface area (Å²) in [5.74, 6) is -1.11. The van der Waals surface area contributed by atoms with E-state index in [1.54, 1.807) is 19.1 Å². The van der Waals surface area contributed by atoms with Gasteiger partial charge in [-0.3, -0.25) is 9.78 Å². The van der Waals surface area contributed by atoms with E-state index in [0.717, 1.165) is 0 Å². The van der Waals surface area contributed by atoms with E-state index < -0.39 is 18.0 Å². The molecule has 0 aliphatic heterocycles. The van der Waals surface area contributed by atoms with Crippen molar-refractivity contribution in [2.75, 3.05) is 6.61 Å². The first kappa shape index (κ1) is 12.2. The van der Waals surface area contributed by atoms with Gasteiger partial charge in [-0.1, -0.05) is 0 Å². The molecule has 1 aromatic rings. The molecule has 1 rings (SSSR count). The van der Waals surface area contributed by atoms with Crippen molar-refractivity contribution >= 4 is 11.9 Å². The van der Waals surface area contributed by atoms with Gasteiger partial charge in [-0.05, 0) is 19.1 Å². The van der Waals surface area contributed by atoms with Crippen LogP contribution in [0.3, 0.4) is 0 Å². The lowest BCUT2D eigenvalue weighted by Gasteiger charge is -2.15. The molecule has 0 aromatic carbocycles. The Morgan fingerprint density at radius 3 is 2.50 bits per heavy atom. The van der Waals surface area contributed by atoms with Crippen LogP contribution in [-0.4, -0.2) is 23.5 Å². The molecule has 0 N–H and O–H groups in total. The number of pyridine rings is 1. The van der Waals surface area contributed by atoms with E-state index in [4.69, 9.17) is 9.47 Å². The van der Waals surface area contributed by atoms with Gasteiger partial charge in [0.25, 0.3) is 0 Å². The predicted molar refractivity (Wildman–Crippen MR) is 55.4 cm³/mol. The fourth-order valence-electron chi connectivity index (χ4n) is 1.17. The van der Waals surface area contributed by atoms with E-state index in [2.05, 4.69) is 4.98 Å². The summed E-state index contributed by atoms with van der Waals surface area (Å²) < 4.78 is 9.73. The Bertz CT molecular complexity index is 364. The van der Waals surface area contributed by atoms with Gasteiger partial charge in [-0.15, -0.1) is 0 Å². The third kappa shape index (κ3) is 3.34. The summed E-state index contributed by atoms with van der Waals surface area (Å²) in [7, 11) is 0. The highest BCUT2D eigenvalue weighted by Gasteiger charge is 2.24. The molecule has 1 atom stereocenters. The van der Waals surface area contributed by atoms with Crippen LogP contribution >= 0.6 is 0 Å². The lowest BCUT2D eigenvalue weighted by atomic mass is 10.1. The van der Waals surface area contributed by atoms with Gasteiger partial charge in [0.05, 0.1) is 6.61 Å². The number of carbonyl (C=O) groups is 2. The normalized spacial score (nSPS) is 11.6. The zero-order chi connectivity index (χ0) is 12.0. The van der Waals surface area contributed by atoms with E-state index in [1.165, 1.54) is 19.3 Å². The average molecular weight is 223 g/mol. The van der Waals surface area contributed by atoms with Crippen molar-refractivity contribution in [3.63, 3.8) is 0 Å². The Morgan fingerprint density at radius 2 is 2.00 bits per heavy atom. The number of rotatable bonds is 4. The molecule has 5 nitrogen and oxygen atoms in total. The highest BCUT2D eigenvalue weighted by molar-refractivity contribution is 5.80. The second kappa shape index (κ2) is 5.85. The first-order valence-corrected chi connectivity index (χ1v) is 4.89. The van der Waals surface area contributed by atoms with Crippen molar-refractivity contribution in [2.24, 2.45) is 0 Å². The number of nitrogens with zero attached hydrogens (tertiary/aromatic N) is 1.